The number of sulfone groups is 1. The van der Waals surface area contributed by atoms with Crippen LogP contribution in [0.5, 0.6) is 11.5 Å². The van der Waals surface area contributed by atoms with Gasteiger partial charge in [-0.3, -0.25) is 0 Å². The first-order valence-electron chi connectivity index (χ1n) is 8.21. The smallest absolute Gasteiger partial charge is 0.438 e. The summed E-state index contributed by atoms with van der Waals surface area (Å²) < 4.78 is 69.0. The number of benzene rings is 1. The highest BCUT2D eigenvalue weighted by atomic mass is 32.2. The first-order chi connectivity index (χ1) is 13.3. The van der Waals surface area contributed by atoms with Gasteiger partial charge in [-0.2, -0.15) is 0 Å². The highest BCUT2D eigenvalue weighted by Crippen LogP contribution is 2.31. The van der Waals surface area contributed by atoms with Crippen LogP contribution < -0.4 is 9.47 Å². The number of aromatic nitrogens is 1. The van der Waals surface area contributed by atoms with Gasteiger partial charge in [-0.25, -0.2) is 13.4 Å². The molecule has 0 atom stereocenters. The maximum absolute atomic E-state index is 12.3. The summed E-state index contributed by atoms with van der Waals surface area (Å²) in [5.74, 6) is -0.268. The van der Waals surface area contributed by atoms with Crippen LogP contribution in [0.1, 0.15) is 25.8 Å². The van der Waals surface area contributed by atoms with Gasteiger partial charge >= 0.3 is 6.36 Å². The maximum atomic E-state index is 12.3. The number of oxime groups is 1. The van der Waals surface area contributed by atoms with Crippen molar-refractivity contribution in [3.63, 3.8) is 0 Å². The molecule has 0 spiro atoms. The molecule has 7 nitrogen and oxygen atoms in total. The van der Waals surface area contributed by atoms with Crippen LogP contribution in [0.4, 0.5) is 13.2 Å². The first-order valence-corrected chi connectivity index (χ1v) is 10.1. The van der Waals surface area contributed by atoms with Gasteiger partial charge in [-0.05, 0) is 35.2 Å². The molecule has 0 radical (unpaired) electrons. The van der Waals surface area contributed by atoms with Crippen molar-refractivity contribution in [1.29, 1.82) is 0 Å². The second-order valence-electron chi connectivity index (χ2n) is 6.83. The highest BCUT2D eigenvalue weighted by Gasteiger charge is 2.31. The quantitative estimate of drug-likeness (QED) is 0.322. The van der Waals surface area contributed by atoms with E-state index in [1.165, 1.54) is 42.6 Å². The summed E-state index contributed by atoms with van der Waals surface area (Å²) in [4.78, 5) is 3.78. The summed E-state index contributed by atoms with van der Waals surface area (Å²) in [5, 5.41) is 12.2. The Morgan fingerprint density at radius 2 is 1.69 bits per heavy atom. The number of halogens is 3. The van der Waals surface area contributed by atoms with Gasteiger partial charge in [-0.15, -0.1) is 13.2 Å². The van der Waals surface area contributed by atoms with E-state index >= 15 is 0 Å². The monoisotopic (exact) mass is 432 g/mol. The lowest BCUT2D eigenvalue weighted by Crippen LogP contribution is -2.25. The Labute approximate surface area is 165 Å². The molecule has 1 aromatic carbocycles. The summed E-state index contributed by atoms with van der Waals surface area (Å²) >= 11 is 0. The summed E-state index contributed by atoms with van der Waals surface area (Å²) in [6.07, 6.45) is -2.49. The van der Waals surface area contributed by atoms with Crippen molar-refractivity contribution in [1.82, 2.24) is 4.98 Å². The second-order valence-corrected chi connectivity index (χ2v) is 8.80. The zero-order valence-electron chi connectivity index (χ0n) is 15.8. The lowest BCUT2D eigenvalue weighted by molar-refractivity contribution is -0.274. The molecule has 0 saturated carbocycles. The Morgan fingerprint density at radius 3 is 2.14 bits per heavy atom. The molecule has 0 amide bonds. The molecule has 11 heteroatoms. The van der Waals surface area contributed by atoms with Crippen LogP contribution in [0, 0.1) is 0 Å². The maximum Gasteiger partial charge on any atom is 0.573 e. The van der Waals surface area contributed by atoms with E-state index < -0.39 is 21.6 Å². The summed E-state index contributed by atoms with van der Waals surface area (Å²) in [7, 11) is -3.46. The van der Waals surface area contributed by atoms with Crippen molar-refractivity contribution in [2.75, 3.05) is 6.26 Å². The standard InChI is InChI=1S/C18H19F3N2O5S/c1-17(2,12-4-6-13(7-5-12)28-18(19,20)21)10-15(23-24)27-14-8-9-16(22-11-14)29(3,25)26/h4-9,11,24H,10H2,1-3H3/b23-15+. The third kappa shape index (κ3) is 6.63. The summed E-state index contributed by atoms with van der Waals surface area (Å²) in [6.45, 7) is 3.57. The predicted molar refractivity (Wildman–Crippen MR) is 98.0 cm³/mol. The van der Waals surface area contributed by atoms with Gasteiger partial charge in [0.1, 0.15) is 11.5 Å². The van der Waals surface area contributed by atoms with E-state index in [0.29, 0.717) is 5.56 Å². The summed E-state index contributed by atoms with van der Waals surface area (Å²) in [5.41, 5.74) is -0.0133. The lowest BCUT2D eigenvalue weighted by Gasteiger charge is -2.25. The van der Waals surface area contributed by atoms with E-state index in [0.717, 1.165) is 6.26 Å². The minimum atomic E-state index is -4.78. The number of alkyl halides is 3. The fourth-order valence-electron chi connectivity index (χ4n) is 2.46. The highest BCUT2D eigenvalue weighted by molar-refractivity contribution is 7.90. The number of hydrogen-bond acceptors (Lipinski definition) is 7. The van der Waals surface area contributed by atoms with Crippen LogP contribution in [-0.2, 0) is 15.3 Å². The van der Waals surface area contributed by atoms with Crippen molar-refractivity contribution in [3.05, 3.63) is 48.2 Å². The Morgan fingerprint density at radius 1 is 1.10 bits per heavy atom. The Balaban J connectivity index is 2.11. The van der Waals surface area contributed by atoms with E-state index in [4.69, 9.17) is 4.74 Å². The van der Waals surface area contributed by atoms with Crippen LogP contribution in [0.15, 0.2) is 52.8 Å². The number of hydrogen-bond donors (Lipinski definition) is 1. The minimum Gasteiger partial charge on any atom is -0.438 e. The van der Waals surface area contributed by atoms with Crippen molar-refractivity contribution >= 4 is 15.7 Å². The molecule has 2 rings (SSSR count). The van der Waals surface area contributed by atoms with Gasteiger partial charge in [0, 0.05) is 12.7 Å². The fourth-order valence-corrected chi connectivity index (χ4v) is 3.02. The molecule has 0 aliphatic heterocycles. The fraction of sp³-hybridized carbons (Fsp3) is 0.333. The molecule has 29 heavy (non-hydrogen) atoms. The lowest BCUT2D eigenvalue weighted by atomic mass is 9.81. The van der Waals surface area contributed by atoms with Crippen molar-refractivity contribution in [3.8, 4) is 11.5 Å². The minimum absolute atomic E-state index is 0.0838. The van der Waals surface area contributed by atoms with Crippen LogP contribution >= 0.6 is 0 Å². The zero-order valence-corrected chi connectivity index (χ0v) is 16.6. The molecule has 0 aliphatic rings. The van der Waals surface area contributed by atoms with Gasteiger partial charge in [0.05, 0.1) is 6.20 Å². The molecule has 1 N–H and O–H groups in total. The van der Waals surface area contributed by atoms with Crippen LogP contribution in [-0.4, -0.2) is 37.1 Å². The van der Waals surface area contributed by atoms with Gasteiger partial charge < -0.3 is 14.7 Å². The summed E-state index contributed by atoms with van der Waals surface area (Å²) in [6, 6.07) is 7.94. The number of pyridine rings is 1. The molecular weight excluding hydrogens is 413 g/mol. The average molecular weight is 432 g/mol. The van der Waals surface area contributed by atoms with Gasteiger partial charge in [0.25, 0.3) is 0 Å². The molecule has 0 aliphatic carbocycles. The zero-order chi connectivity index (χ0) is 21.9. The third-order valence-electron chi connectivity index (χ3n) is 3.90. The van der Waals surface area contributed by atoms with E-state index in [9.17, 15) is 26.8 Å². The predicted octanol–water partition coefficient (Wildman–Crippen LogP) is 3.92. The molecule has 0 saturated heterocycles. The largest absolute Gasteiger partial charge is 0.573 e. The number of ether oxygens (including phenoxy) is 2. The molecular formula is C18H19F3N2O5S. The van der Waals surface area contributed by atoms with Crippen molar-refractivity contribution in [2.45, 2.75) is 37.1 Å². The normalized spacial score (nSPS) is 13.2. The van der Waals surface area contributed by atoms with E-state index in [1.54, 1.807) is 13.8 Å². The molecule has 0 bridgehead atoms. The topological polar surface area (TPSA) is 98.1 Å². The first kappa shape index (κ1) is 22.5. The second kappa shape index (κ2) is 8.27. The molecule has 158 valence electrons. The van der Waals surface area contributed by atoms with Gasteiger partial charge in [0.15, 0.2) is 14.9 Å². The van der Waals surface area contributed by atoms with Crippen LogP contribution in [0.2, 0.25) is 0 Å². The van der Waals surface area contributed by atoms with E-state index in [1.807, 2.05) is 0 Å². The van der Waals surface area contributed by atoms with Gasteiger partial charge in [0.2, 0.25) is 5.90 Å². The Hall–Kier alpha value is -2.82. The van der Waals surface area contributed by atoms with Gasteiger partial charge in [-0.1, -0.05) is 31.1 Å². The Bertz CT molecular complexity index is 970. The van der Waals surface area contributed by atoms with Crippen molar-refractivity contribution in [2.24, 2.45) is 5.16 Å². The SMILES string of the molecule is CC(C)(C/C(=N\O)Oc1ccc(S(C)(=O)=O)nc1)c1ccc(OC(F)(F)F)cc1. The number of nitrogens with zero attached hydrogens (tertiary/aromatic N) is 2. The van der Waals surface area contributed by atoms with E-state index in [2.05, 4.69) is 14.9 Å². The molecule has 2 aromatic rings. The molecule has 0 unspecified atom stereocenters. The van der Waals surface area contributed by atoms with Crippen LogP contribution in [0.25, 0.3) is 0 Å². The molecule has 1 aromatic heterocycles. The van der Waals surface area contributed by atoms with Crippen molar-refractivity contribution < 1.29 is 36.3 Å². The van der Waals surface area contributed by atoms with E-state index in [-0.39, 0.29) is 28.8 Å². The molecule has 1 heterocycles. The Kier molecular flexibility index (Phi) is 6.41. The average Bonchev–Trinajstić information content (AvgIpc) is 2.59. The number of rotatable bonds is 6. The molecule has 0 fully saturated rings. The van der Waals surface area contributed by atoms with Crippen LogP contribution in [0.3, 0.4) is 0 Å². The third-order valence-corrected chi connectivity index (χ3v) is 4.90.